The smallest absolute Gasteiger partial charge is 0.267 e. The molecular weight excluding hydrogens is 424 g/mol. The van der Waals surface area contributed by atoms with Crippen molar-refractivity contribution in [3.63, 3.8) is 0 Å². The summed E-state index contributed by atoms with van der Waals surface area (Å²) in [5, 5.41) is 11.2. The van der Waals surface area contributed by atoms with E-state index in [0.29, 0.717) is 16.5 Å². The maximum absolute atomic E-state index is 12.7. The van der Waals surface area contributed by atoms with Gasteiger partial charge in [0.2, 0.25) is 15.7 Å². The molecular formula is C18H21ClN2O5S2. The van der Waals surface area contributed by atoms with Gasteiger partial charge in [-0.25, -0.2) is 8.42 Å². The van der Waals surface area contributed by atoms with Crippen molar-refractivity contribution in [2.75, 3.05) is 6.26 Å². The van der Waals surface area contributed by atoms with Crippen molar-refractivity contribution in [3.8, 4) is 11.5 Å². The Labute approximate surface area is 173 Å². The molecule has 0 aliphatic rings. The van der Waals surface area contributed by atoms with Crippen LogP contribution in [0, 0.1) is 0 Å². The van der Waals surface area contributed by atoms with Crippen molar-refractivity contribution < 1.29 is 23.1 Å². The van der Waals surface area contributed by atoms with E-state index in [1.807, 2.05) is 4.72 Å². The van der Waals surface area contributed by atoms with Crippen LogP contribution in [0.3, 0.4) is 0 Å². The van der Waals surface area contributed by atoms with E-state index in [4.69, 9.17) is 22.1 Å². The van der Waals surface area contributed by atoms with E-state index in [1.54, 1.807) is 30.5 Å². The number of rotatable bonds is 8. The summed E-state index contributed by atoms with van der Waals surface area (Å²) in [6.07, 6.45) is 1.63. The van der Waals surface area contributed by atoms with Gasteiger partial charge in [-0.2, -0.15) is 16.5 Å². The Morgan fingerprint density at radius 3 is 2.00 bits per heavy atom. The minimum absolute atomic E-state index is 0.160. The Kier molecular flexibility index (Phi) is 6.67. The van der Waals surface area contributed by atoms with E-state index >= 15 is 0 Å². The van der Waals surface area contributed by atoms with Gasteiger partial charge >= 0.3 is 0 Å². The molecule has 0 aliphatic heterocycles. The van der Waals surface area contributed by atoms with Gasteiger partial charge in [0.05, 0.1) is 9.64 Å². The summed E-state index contributed by atoms with van der Waals surface area (Å²) in [6, 6.07) is 12.2. The maximum Gasteiger partial charge on any atom is 0.267 e. The zero-order chi connectivity index (χ0) is 21.2. The number of carbonyl (C=O) groups excluding carboxylic acids is 1. The van der Waals surface area contributed by atoms with Gasteiger partial charge in [0.1, 0.15) is 11.5 Å². The number of nitrogens with one attached hydrogen (secondary N) is 1. The van der Waals surface area contributed by atoms with E-state index < -0.39 is 26.4 Å². The Morgan fingerprint density at radius 1 is 1.11 bits per heavy atom. The van der Waals surface area contributed by atoms with Gasteiger partial charge in [-0.3, -0.25) is 4.79 Å². The highest BCUT2D eigenvalue weighted by Gasteiger charge is 2.51. The molecule has 1 atom stereocenters. The van der Waals surface area contributed by atoms with Crippen LogP contribution in [0.25, 0.3) is 0 Å². The van der Waals surface area contributed by atoms with E-state index in [2.05, 4.69) is 0 Å². The molecule has 0 spiro atoms. The zero-order valence-corrected chi connectivity index (χ0v) is 17.9. The minimum Gasteiger partial charge on any atom is -0.457 e. The topological polar surface area (TPSA) is 119 Å². The molecule has 28 heavy (non-hydrogen) atoms. The van der Waals surface area contributed by atoms with E-state index in [0.717, 1.165) is 11.8 Å². The van der Waals surface area contributed by atoms with Crippen LogP contribution in [0.5, 0.6) is 11.5 Å². The summed E-state index contributed by atoms with van der Waals surface area (Å²) >= 11 is 6.91. The third kappa shape index (κ3) is 4.79. The van der Waals surface area contributed by atoms with Crippen molar-refractivity contribution in [2.45, 2.75) is 29.2 Å². The summed E-state index contributed by atoms with van der Waals surface area (Å²) in [5.41, 5.74) is 2.80. The third-order valence-electron chi connectivity index (χ3n) is 4.20. The lowest BCUT2D eigenvalue weighted by molar-refractivity contribution is -0.140. The van der Waals surface area contributed by atoms with Gasteiger partial charge in [0, 0.05) is 5.02 Å². The van der Waals surface area contributed by atoms with Crippen LogP contribution in [0.1, 0.15) is 13.8 Å². The second-order valence-electron chi connectivity index (χ2n) is 6.42. The first-order valence-electron chi connectivity index (χ1n) is 8.06. The van der Waals surface area contributed by atoms with E-state index in [-0.39, 0.29) is 4.90 Å². The van der Waals surface area contributed by atoms with Crippen LogP contribution < -0.4 is 15.2 Å². The number of nitrogens with two attached hydrogens (primary N) is 1. The highest BCUT2D eigenvalue weighted by Crippen LogP contribution is 2.33. The van der Waals surface area contributed by atoms with Gasteiger partial charge in [0.15, 0.2) is 0 Å². The molecule has 0 radical (unpaired) electrons. The summed E-state index contributed by atoms with van der Waals surface area (Å²) in [6.45, 7) is 3.02. The van der Waals surface area contributed by atoms with E-state index in [1.165, 1.54) is 38.1 Å². The van der Waals surface area contributed by atoms with E-state index in [9.17, 15) is 18.3 Å². The Bertz CT molecular complexity index is 947. The average molecular weight is 445 g/mol. The fourth-order valence-corrected chi connectivity index (χ4v) is 4.19. The molecule has 10 heteroatoms. The van der Waals surface area contributed by atoms with Crippen molar-refractivity contribution >= 4 is 39.3 Å². The summed E-state index contributed by atoms with van der Waals surface area (Å²) in [5.74, 6) is -0.267. The quantitative estimate of drug-likeness (QED) is 0.538. The Hall–Kier alpha value is -1.78. The molecule has 7 nitrogen and oxygen atoms in total. The number of sulfonamides is 1. The molecule has 152 valence electrons. The predicted molar refractivity (Wildman–Crippen MR) is 110 cm³/mol. The molecule has 0 aromatic heterocycles. The molecule has 2 aromatic carbocycles. The van der Waals surface area contributed by atoms with Crippen molar-refractivity contribution in [2.24, 2.45) is 5.73 Å². The average Bonchev–Trinajstić information content (AvgIpc) is 2.63. The molecule has 0 bridgehead atoms. The van der Waals surface area contributed by atoms with Gasteiger partial charge in [0.25, 0.3) is 5.91 Å². The number of carbonyl (C=O) groups is 1. The Morgan fingerprint density at radius 2 is 1.57 bits per heavy atom. The number of thioether (sulfide) groups is 1. The van der Waals surface area contributed by atoms with Gasteiger partial charge < -0.3 is 15.6 Å². The number of ether oxygens (including phenoxy) is 1. The molecule has 1 unspecified atom stereocenters. The molecule has 0 saturated carbocycles. The molecule has 2 rings (SSSR count). The lowest BCUT2D eigenvalue weighted by Crippen LogP contribution is -2.67. The maximum atomic E-state index is 12.7. The predicted octanol–water partition coefficient (Wildman–Crippen LogP) is 2.73. The first kappa shape index (κ1) is 22.5. The van der Waals surface area contributed by atoms with Crippen molar-refractivity contribution in [1.82, 2.24) is 4.72 Å². The van der Waals surface area contributed by atoms with Gasteiger partial charge in [-0.15, -0.1) is 0 Å². The molecule has 0 saturated heterocycles. The number of amides is 1. The largest absolute Gasteiger partial charge is 0.457 e. The third-order valence-corrected chi connectivity index (χ3v) is 7.23. The fourth-order valence-electron chi connectivity index (χ4n) is 2.20. The zero-order valence-electron chi connectivity index (χ0n) is 15.5. The van der Waals surface area contributed by atoms with Gasteiger partial charge in [-0.05, 0) is 68.6 Å². The van der Waals surface area contributed by atoms with Crippen LogP contribution in [-0.4, -0.2) is 36.2 Å². The van der Waals surface area contributed by atoms with Crippen LogP contribution in [0.4, 0.5) is 0 Å². The number of aliphatic hydroxyl groups is 1. The first-order chi connectivity index (χ1) is 12.9. The number of halogens is 1. The fraction of sp³-hybridized carbons (Fsp3) is 0.278. The first-order valence-corrected chi connectivity index (χ1v) is 11.1. The van der Waals surface area contributed by atoms with Crippen LogP contribution in [-0.2, 0) is 14.8 Å². The molecule has 1 amide bonds. The standard InChI is InChI=1S/C18H21ClN2O5S2/c1-17(2,27-3)18(23,16(20)22)21-28(24,25)15-10-8-14(9-11-15)26-13-6-4-12(19)5-7-13/h4-11,21,23H,1-3H3,(H2,20,22). The normalized spacial score (nSPS) is 14.3. The lowest BCUT2D eigenvalue weighted by atomic mass is 9.99. The monoisotopic (exact) mass is 444 g/mol. The number of primary amides is 1. The Balaban J connectivity index is 2.25. The number of benzene rings is 2. The van der Waals surface area contributed by atoms with Crippen LogP contribution in [0.2, 0.25) is 5.02 Å². The van der Waals surface area contributed by atoms with Crippen molar-refractivity contribution in [3.05, 3.63) is 53.6 Å². The number of hydrogen-bond acceptors (Lipinski definition) is 6. The van der Waals surface area contributed by atoms with Crippen LogP contribution >= 0.6 is 23.4 Å². The lowest BCUT2D eigenvalue weighted by Gasteiger charge is -2.38. The molecule has 4 N–H and O–H groups in total. The number of hydrogen-bond donors (Lipinski definition) is 3. The summed E-state index contributed by atoms with van der Waals surface area (Å²) in [4.78, 5) is 11.7. The minimum atomic E-state index is -4.24. The second kappa shape index (κ2) is 8.30. The van der Waals surface area contributed by atoms with Crippen LogP contribution in [0.15, 0.2) is 53.4 Å². The highest BCUT2D eigenvalue weighted by molar-refractivity contribution is 8.00. The highest BCUT2D eigenvalue weighted by atomic mass is 35.5. The summed E-state index contributed by atoms with van der Waals surface area (Å²) < 4.78 is 31.8. The summed E-state index contributed by atoms with van der Waals surface area (Å²) in [7, 11) is -4.24. The van der Waals surface area contributed by atoms with Crippen molar-refractivity contribution in [1.29, 1.82) is 0 Å². The molecule has 0 aliphatic carbocycles. The molecule has 0 fully saturated rings. The molecule has 0 heterocycles. The molecule has 2 aromatic rings. The second-order valence-corrected chi connectivity index (χ2v) is 9.97. The van der Waals surface area contributed by atoms with Gasteiger partial charge in [-0.1, -0.05) is 11.6 Å². The SMILES string of the molecule is CSC(C)(C)C(O)(NS(=O)(=O)c1ccc(Oc2ccc(Cl)cc2)cc1)C(N)=O.